The van der Waals surface area contributed by atoms with E-state index in [1.54, 1.807) is 25.3 Å². The van der Waals surface area contributed by atoms with Gasteiger partial charge in [-0.1, -0.05) is 0 Å². The normalized spacial score (nSPS) is 13.5. The number of anilines is 2. The van der Waals surface area contributed by atoms with Gasteiger partial charge in [-0.3, -0.25) is 19.5 Å². The molecule has 1 aliphatic rings. The number of benzene rings is 3. The number of halogens is 2. The molecule has 0 unspecified atom stereocenters. The lowest BCUT2D eigenvalue weighted by atomic mass is 10.0. The third-order valence-corrected chi connectivity index (χ3v) is 7.31. The van der Waals surface area contributed by atoms with Crippen molar-refractivity contribution in [3.8, 4) is 23.0 Å². The SMILES string of the molecule is COc1cc2nccc(Oc3ccc(N(C(=O)C4(C(N)=O)CC4)c4ccc(F)cc4)cc3F)c2cc1OCCCN(C)C. The van der Waals surface area contributed by atoms with Crippen molar-refractivity contribution in [2.24, 2.45) is 11.1 Å². The number of ether oxygens (including phenoxy) is 3. The molecule has 1 aromatic heterocycles. The molecule has 0 atom stereocenters. The molecular formula is C32H32F2N4O5. The number of hydrogen-bond donors (Lipinski definition) is 1. The summed E-state index contributed by atoms with van der Waals surface area (Å²) in [5.41, 5.74) is 5.11. The number of hydrogen-bond acceptors (Lipinski definition) is 7. The summed E-state index contributed by atoms with van der Waals surface area (Å²) in [7, 11) is 5.51. The molecule has 0 spiro atoms. The lowest BCUT2D eigenvalue weighted by molar-refractivity contribution is -0.133. The van der Waals surface area contributed by atoms with Crippen LogP contribution in [0.25, 0.3) is 10.9 Å². The van der Waals surface area contributed by atoms with Crippen LogP contribution in [0.2, 0.25) is 0 Å². The van der Waals surface area contributed by atoms with E-state index in [2.05, 4.69) is 9.88 Å². The average molecular weight is 591 g/mol. The maximum absolute atomic E-state index is 15.6. The van der Waals surface area contributed by atoms with E-state index >= 15 is 4.39 Å². The first-order valence-electron chi connectivity index (χ1n) is 13.7. The molecular weight excluding hydrogens is 558 g/mol. The number of carbonyl (C=O) groups is 2. The number of nitrogens with zero attached hydrogens (tertiary/aromatic N) is 3. The molecule has 5 rings (SSSR count). The van der Waals surface area contributed by atoms with Crippen LogP contribution in [0.4, 0.5) is 20.2 Å². The summed E-state index contributed by atoms with van der Waals surface area (Å²) in [6.45, 7) is 1.32. The first-order chi connectivity index (χ1) is 20.6. The standard InChI is InChI=1S/C32H32F2N4O5/c1-37(2)15-4-16-42-29-18-23-25(19-28(29)41-3)36-14-11-26(23)43-27-10-9-22(17-24(27)34)38(21-7-5-20(33)6-8-21)31(40)32(12-13-32)30(35)39/h5-11,14,17-19H,4,12-13,15-16H2,1-3H3,(H2,35,39). The Kier molecular flexibility index (Phi) is 8.45. The van der Waals surface area contributed by atoms with E-state index in [0.717, 1.165) is 19.0 Å². The third kappa shape index (κ3) is 6.21. The van der Waals surface area contributed by atoms with Crippen molar-refractivity contribution in [2.75, 3.05) is 39.3 Å². The molecule has 224 valence electrons. The molecule has 1 fully saturated rings. The number of aromatic nitrogens is 1. The van der Waals surface area contributed by atoms with Gasteiger partial charge in [0, 0.05) is 35.9 Å². The molecule has 0 bridgehead atoms. The van der Waals surface area contributed by atoms with Gasteiger partial charge in [-0.15, -0.1) is 0 Å². The molecule has 3 aromatic carbocycles. The largest absolute Gasteiger partial charge is 0.493 e. The topological polar surface area (TPSA) is 107 Å². The fourth-order valence-corrected chi connectivity index (χ4v) is 4.76. The maximum atomic E-state index is 15.6. The zero-order chi connectivity index (χ0) is 30.7. The van der Waals surface area contributed by atoms with Crippen LogP contribution < -0.4 is 24.8 Å². The van der Waals surface area contributed by atoms with Crippen LogP contribution >= 0.6 is 0 Å². The predicted octanol–water partition coefficient (Wildman–Crippen LogP) is 5.57. The molecule has 0 radical (unpaired) electrons. The third-order valence-electron chi connectivity index (χ3n) is 7.31. The lowest BCUT2D eigenvalue weighted by Crippen LogP contribution is -2.41. The lowest BCUT2D eigenvalue weighted by Gasteiger charge is -2.26. The second kappa shape index (κ2) is 12.2. The van der Waals surface area contributed by atoms with Crippen LogP contribution in [-0.2, 0) is 9.59 Å². The summed E-state index contributed by atoms with van der Waals surface area (Å²) in [4.78, 5) is 33.3. The minimum atomic E-state index is -1.39. The van der Waals surface area contributed by atoms with Gasteiger partial charge in [0.25, 0.3) is 0 Å². The summed E-state index contributed by atoms with van der Waals surface area (Å²) >= 11 is 0. The highest BCUT2D eigenvalue weighted by Crippen LogP contribution is 2.49. The first kappa shape index (κ1) is 29.7. The van der Waals surface area contributed by atoms with Gasteiger partial charge >= 0.3 is 0 Å². The molecule has 1 saturated carbocycles. The number of rotatable bonds is 12. The van der Waals surface area contributed by atoms with Crippen LogP contribution in [0.15, 0.2) is 66.9 Å². The molecule has 43 heavy (non-hydrogen) atoms. The molecule has 2 N–H and O–H groups in total. The Morgan fingerprint density at radius 1 is 0.930 bits per heavy atom. The average Bonchev–Trinajstić information content (AvgIpc) is 3.80. The van der Waals surface area contributed by atoms with Crippen molar-refractivity contribution in [3.05, 3.63) is 78.5 Å². The highest BCUT2D eigenvalue weighted by Gasteiger charge is 2.57. The summed E-state index contributed by atoms with van der Waals surface area (Å²) in [6.07, 6.45) is 2.91. The van der Waals surface area contributed by atoms with E-state index in [-0.39, 0.29) is 30.0 Å². The molecule has 1 heterocycles. The van der Waals surface area contributed by atoms with Crippen LogP contribution in [-0.4, -0.2) is 56.1 Å². The van der Waals surface area contributed by atoms with Gasteiger partial charge in [0.1, 0.15) is 17.0 Å². The molecule has 0 saturated heterocycles. The monoisotopic (exact) mass is 590 g/mol. The maximum Gasteiger partial charge on any atom is 0.247 e. The van der Waals surface area contributed by atoms with E-state index < -0.39 is 28.9 Å². The van der Waals surface area contributed by atoms with Gasteiger partial charge in [-0.2, -0.15) is 0 Å². The Balaban J connectivity index is 1.46. The van der Waals surface area contributed by atoms with Gasteiger partial charge < -0.3 is 24.8 Å². The first-order valence-corrected chi connectivity index (χ1v) is 13.7. The van der Waals surface area contributed by atoms with Crippen LogP contribution in [0.5, 0.6) is 23.0 Å². The number of primary amides is 1. The van der Waals surface area contributed by atoms with Crippen molar-refractivity contribution < 1.29 is 32.6 Å². The van der Waals surface area contributed by atoms with E-state index in [9.17, 15) is 14.0 Å². The smallest absolute Gasteiger partial charge is 0.247 e. The zero-order valence-electron chi connectivity index (χ0n) is 24.1. The van der Waals surface area contributed by atoms with E-state index in [1.807, 2.05) is 14.1 Å². The summed E-state index contributed by atoms with van der Waals surface area (Å²) in [6, 6.07) is 14.2. The van der Waals surface area contributed by atoms with Crippen LogP contribution in [0.1, 0.15) is 19.3 Å². The van der Waals surface area contributed by atoms with Gasteiger partial charge in [0.15, 0.2) is 23.1 Å². The molecule has 11 heteroatoms. The number of carbonyl (C=O) groups excluding carboxylic acids is 2. The molecule has 0 aliphatic heterocycles. The Morgan fingerprint density at radius 3 is 2.28 bits per heavy atom. The number of pyridine rings is 1. The van der Waals surface area contributed by atoms with Gasteiger partial charge in [-0.25, -0.2) is 8.78 Å². The van der Waals surface area contributed by atoms with Crippen molar-refractivity contribution in [1.82, 2.24) is 9.88 Å². The van der Waals surface area contributed by atoms with Crippen LogP contribution in [0, 0.1) is 17.0 Å². The van der Waals surface area contributed by atoms with Gasteiger partial charge in [0.05, 0.1) is 24.9 Å². The second-order valence-corrected chi connectivity index (χ2v) is 10.6. The second-order valence-electron chi connectivity index (χ2n) is 10.6. The number of fused-ring (bicyclic) bond motifs is 1. The van der Waals surface area contributed by atoms with Crippen molar-refractivity contribution in [1.29, 1.82) is 0 Å². The fourth-order valence-electron chi connectivity index (χ4n) is 4.76. The Bertz CT molecular complexity index is 1660. The van der Waals surface area contributed by atoms with E-state index in [4.69, 9.17) is 19.9 Å². The van der Waals surface area contributed by atoms with Crippen molar-refractivity contribution >= 4 is 34.1 Å². The minimum Gasteiger partial charge on any atom is -0.493 e. The van der Waals surface area contributed by atoms with Gasteiger partial charge in [0.2, 0.25) is 11.8 Å². The highest BCUT2D eigenvalue weighted by atomic mass is 19.1. The zero-order valence-corrected chi connectivity index (χ0v) is 24.1. The number of nitrogens with two attached hydrogens (primary N) is 1. The Hall–Kier alpha value is -4.77. The number of amides is 2. The Labute approximate surface area is 247 Å². The predicted molar refractivity (Wildman–Crippen MR) is 158 cm³/mol. The molecule has 2 amide bonds. The minimum absolute atomic E-state index is 0.108. The molecule has 4 aromatic rings. The summed E-state index contributed by atoms with van der Waals surface area (Å²) in [5, 5.41) is 0.578. The van der Waals surface area contributed by atoms with E-state index in [0.29, 0.717) is 34.8 Å². The van der Waals surface area contributed by atoms with Crippen LogP contribution in [0.3, 0.4) is 0 Å². The number of methoxy groups -OCH3 is 1. The molecule has 9 nitrogen and oxygen atoms in total. The quantitative estimate of drug-likeness (QED) is 0.170. The summed E-state index contributed by atoms with van der Waals surface area (Å²) in [5.74, 6) is -1.41. The fraction of sp³-hybridized carbons (Fsp3) is 0.281. The van der Waals surface area contributed by atoms with E-state index in [1.165, 1.54) is 47.5 Å². The Morgan fingerprint density at radius 2 is 1.65 bits per heavy atom. The molecule has 1 aliphatic carbocycles. The van der Waals surface area contributed by atoms with Crippen molar-refractivity contribution in [2.45, 2.75) is 19.3 Å². The highest BCUT2D eigenvalue weighted by molar-refractivity contribution is 6.16. The van der Waals surface area contributed by atoms with Gasteiger partial charge in [-0.05, 0) is 81.9 Å². The van der Waals surface area contributed by atoms with Crippen molar-refractivity contribution in [3.63, 3.8) is 0 Å². The summed E-state index contributed by atoms with van der Waals surface area (Å²) < 4.78 is 46.7.